The van der Waals surface area contributed by atoms with Gasteiger partial charge >= 0.3 is 5.97 Å². The largest absolute Gasteiger partial charge is 0.481 e. The van der Waals surface area contributed by atoms with Crippen molar-refractivity contribution < 1.29 is 19.5 Å². The Kier molecular flexibility index (Phi) is 5.52. The van der Waals surface area contributed by atoms with Crippen LogP contribution >= 0.6 is 0 Å². The summed E-state index contributed by atoms with van der Waals surface area (Å²) in [5, 5.41) is 11.1. The van der Waals surface area contributed by atoms with Gasteiger partial charge in [0.2, 0.25) is 11.8 Å². The first-order valence-electron chi connectivity index (χ1n) is 7.44. The van der Waals surface area contributed by atoms with Crippen LogP contribution in [0.15, 0.2) is 24.3 Å². The number of nitrogens with one attached hydrogen (secondary N) is 1. The molecule has 1 aromatic carbocycles. The van der Waals surface area contributed by atoms with Gasteiger partial charge in [-0.3, -0.25) is 14.4 Å². The van der Waals surface area contributed by atoms with E-state index in [-0.39, 0.29) is 31.2 Å². The van der Waals surface area contributed by atoms with Crippen molar-refractivity contribution in [2.24, 2.45) is 0 Å². The zero-order valence-corrected chi connectivity index (χ0v) is 12.4. The topological polar surface area (TPSA) is 86.7 Å². The van der Waals surface area contributed by atoms with E-state index in [4.69, 9.17) is 5.11 Å². The number of carbonyl (C=O) groups excluding carboxylic acids is 2. The molecule has 0 saturated heterocycles. The monoisotopic (exact) mass is 304 g/mol. The van der Waals surface area contributed by atoms with Crippen molar-refractivity contribution in [3.05, 3.63) is 29.8 Å². The quantitative estimate of drug-likeness (QED) is 0.744. The molecule has 2 N–H and O–H groups in total. The predicted molar refractivity (Wildman–Crippen MR) is 81.6 cm³/mol. The zero-order valence-electron chi connectivity index (χ0n) is 12.4. The third kappa shape index (κ3) is 4.31. The van der Waals surface area contributed by atoms with Crippen LogP contribution in [0.5, 0.6) is 0 Å². The molecule has 2 rings (SSSR count). The molecule has 22 heavy (non-hydrogen) atoms. The third-order valence-electron chi connectivity index (χ3n) is 3.67. The molecule has 6 heteroatoms. The molecule has 0 bridgehead atoms. The molecule has 0 fully saturated rings. The summed E-state index contributed by atoms with van der Waals surface area (Å²) in [6.07, 6.45) is 2.13. The SMILES string of the molecule is O=C(O)CCCCC(=O)NCC(=O)N1CCc2ccccc21. The second-order valence-corrected chi connectivity index (χ2v) is 5.30. The molecule has 1 aliphatic heterocycles. The minimum atomic E-state index is -0.858. The summed E-state index contributed by atoms with van der Waals surface area (Å²) >= 11 is 0. The van der Waals surface area contributed by atoms with Crippen LogP contribution < -0.4 is 10.2 Å². The van der Waals surface area contributed by atoms with Gasteiger partial charge in [-0.1, -0.05) is 18.2 Å². The van der Waals surface area contributed by atoms with Crippen molar-refractivity contribution >= 4 is 23.5 Å². The highest BCUT2D eigenvalue weighted by Crippen LogP contribution is 2.27. The van der Waals surface area contributed by atoms with Gasteiger partial charge in [0.15, 0.2) is 0 Å². The number of amides is 2. The normalized spacial score (nSPS) is 12.8. The van der Waals surface area contributed by atoms with Crippen molar-refractivity contribution in [3.8, 4) is 0 Å². The third-order valence-corrected chi connectivity index (χ3v) is 3.67. The van der Waals surface area contributed by atoms with Crippen molar-refractivity contribution in [2.75, 3.05) is 18.0 Å². The number of hydrogen-bond acceptors (Lipinski definition) is 3. The van der Waals surface area contributed by atoms with Gasteiger partial charge in [0.25, 0.3) is 0 Å². The number of carbonyl (C=O) groups is 3. The maximum absolute atomic E-state index is 12.2. The van der Waals surface area contributed by atoms with Crippen LogP contribution in [0.2, 0.25) is 0 Å². The summed E-state index contributed by atoms with van der Waals surface area (Å²) in [6.45, 7) is 0.624. The van der Waals surface area contributed by atoms with Gasteiger partial charge < -0.3 is 15.3 Å². The Hall–Kier alpha value is -2.37. The number of unbranched alkanes of at least 4 members (excludes halogenated alkanes) is 1. The van der Waals surface area contributed by atoms with Gasteiger partial charge in [0.1, 0.15) is 0 Å². The first-order valence-corrected chi connectivity index (χ1v) is 7.44. The first-order chi connectivity index (χ1) is 10.6. The fourth-order valence-corrected chi connectivity index (χ4v) is 2.52. The number of aliphatic carboxylic acids is 1. The van der Waals surface area contributed by atoms with Gasteiger partial charge in [-0.05, 0) is 30.9 Å². The average molecular weight is 304 g/mol. The molecule has 0 atom stereocenters. The lowest BCUT2D eigenvalue weighted by molar-refractivity contribution is -0.137. The van der Waals surface area contributed by atoms with E-state index in [1.165, 1.54) is 0 Å². The number of nitrogens with zero attached hydrogens (tertiary/aromatic N) is 1. The van der Waals surface area contributed by atoms with Crippen LogP contribution in [-0.2, 0) is 20.8 Å². The van der Waals surface area contributed by atoms with E-state index in [1.54, 1.807) is 4.90 Å². The molecular weight excluding hydrogens is 284 g/mol. The highest BCUT2D eigenvalue weighted by molar-refractivity contribution is 5.98. The summed E-state index contributed by atoms with van der Waals surface area (Å²) in [6, 6.07) is 7.76. The molecule has 1 aromatic rings. The molecule has 0 unspecified atom stereocenters. The Balaban J connectivity index is 1.72. The lowest BCUT2D eigenvalue weighted by atomic mass is 10.2. The number of fused-ring (bicyclic) bond motifs is 1. The van der Waals surface area contributed by atoms with Crippen LogP contribution in [0.3, 0.4) is 0 Å². The van der Waals surface area contributed by atoms with E-state index >= 15 is 0 Å². The Morgan fingerprint density at radius 2 is 1.86 bits per heavy atom. The molecule has 0 aliphatic carbocycles. The maximum atomic E-state index is 12.2. The van der Waals surface area contributed by atoms with E-state index < -0.39 is 5.97 Å². The van der Waals surface area contributed by atoms with Crippen LogP contribution in [0.1, 0.15) is 31.2 Å². The molecule has 1 heterocycles. The average Bonchev–Trinajstić information content (AvgIpc) is 2.93. The predicted octanol–water partition coefficient (Wildman–Crippen LogP) is 1.34. The molecule has 1 aliphatic rings. The van der Waals surface area contributed by atoms with Gasteiger partial charge in [-0.25, -0.2) is 0 Å². The van der Waals surface area contributed by atoms with Gasteiger partial charge in [-0.15, -0.1) is 0 Å². The summed E-state index contributed by atoms with van der Waals surface area (Å²) in [5.41, 5.74) is 2.07. The highest BCUT2D eigenvalue weighted by Gasteiger charge is 2.23. The first kappa shape index (κ1) is 16.0. The fraction of sp³-hybridized carbons (Fsp3) is 0.438. The lowest BCUT2D eigenvalue weighted by Gasteiger charge is -2.17. The van der Waals surface area contributed by atoms with Gasteiger partial charge in [-0.2, -0.15) is 0 Å². The molecule has 118 valence electrons. The molecule has 0 spiro atoms. The number of anilines is 1. The summed E-state index contributed by atoms with van der Waals surface area (Å²) in [4.78, 5) is 35.8. The minimum Gasteiger partial charge on any atom is -0.481 e. The minimum absolute atomic E-state index is 0.0217. The number of rotatable bonds is 7. The van der Waals surface area contributed by atoms with E-state index in [0.29, 0.717) is 19.4 Å². The zero-order chi connectivity index (χ0) is 15.9. The molecule has 0 radical (unpaired) electrons. The van der Waals surface area contributed by atoms with Crippen LogP contribution in [0, 0.1) is 0 Å². The van der Waals surface area contributed by atoms with E-state index in [1.807, 2.05) is 24.3 Å². The fourth-order valence-electron chi connectivity index (χ4n) is 2.52. The number of carboxylic acids is 1. The lowest BCUT2D eigenvalue weighted by Crippen LogP contribution is -2.39. The van der Waals surface area contributed by atoms with E-state index in [2.05, 4.69) is 5.32 Å². The van der Waals surface area contributed by atoms with Crippen molar-refractivity contribution in [1.82, 2.24) is 5.32 Å². The summed E-state index contributed by atoms with van der Waals surface area (Å²) in [5.74, 6) is -1.20. The Morgan fingerprint density at radius 3 is 2.64 bits per heavy atom. The Bertz CT molecular complexity index is 571. The number of benzene rings is 1. The molecule has 0 saturated carbocycles. The van der Waals surface area contributed by atoms with Crippen LogP contribution in [0.25, 0.3) is 0 Å². The number of hydrogen-bond donors (Lipinski definition) is 2. The second-order valence-electron chi connectivity index (χ2n) is 5.30. The number of para-hydroxylation sites is 1. The summed E-state index contributed by atoms with van der Waals surface area (Å²) < 4.78 is 0. The maximum Gasteiger partial charge on any atom is 0.303 e. The molecule has 0 aromatic heterocycles. The molecule has 2 amide bonds. The van der Waals surface area contributed by atoms with Crippen molar-refractivity contribution in [2.45, 2.75) is 32.1 Å². The second kappa shape index (κ2) is 7.59. The summed E-state index contributed by atoms with van der Waals surface area (Å²) in [7, 11) is 0. The van der Waals surface area contributed by atoms with Crippen molar-refractivity contribution in [1.29, 1.82) is 0 Å². The van der Waals surface area contributed by atoms with Crippen LogP contribution in [-0.4, -0.2) is 36.0 Å². The van der Waals surface area contributed by atoms with E-state index in [0.717, 1.165) is 17.7 Å². The Labute approximate surface area is 129 Å². The smallest absolute Gasteiger partial charge is 0.303 e. The molecule has 6 nitrogen and oxygen atoms in total. The van der Waals surface area contributed by atoms with Gasteiger partial charge in [0.05, 0.1) is 6.54 Å². The molecular formula is C16H20N2O4. The number of carboxylic acid groups (broad SMARTS) is 1. The van der Waals surface area contributed by atoms with Gasteiger partial charge in [0, 0.05) is 25.1 Å². The van der Waals surface area contributed by atoms with Crippen molar-refractivity contribution in [3.63, 3.8) is 0 Å². The standard InChI is InChI=1S/C16H20N2O4/c19-14(7-3-4-8-16(21)22)17-11-15(20)18-10-9-12-5-1-2-6-13(12)18/h1-2,5-6H,3-4,7-11H2,(H,17,19)(H,21,22). The van der Waals surface area contributed by atoms with Crippen LogP contribution in [0.4, 0.5) is 5.69 Å². The highest BCUT2D eigenvalue weighted by atomic mass is 16.4. The Morgan fingerprint density at radius 1 is 1.14 bits per heavy atom. The van der Waals surface area contributed by atoms with E-state index in [9.17, 15) is 14.4 Å².